The third-order valence-electron chi connectivity index (χ3n) is 6.56. The summed E-state index contributed by atoms with van der Waals surface area (Å²) in [6, 6.07) is 15.8. The molecule has 0 radical (unpaired) electrons. The maximum Gasteiger partial charge on any atom is 0.243 e. The number of nitrogens with zero attached hydrogens (tertiary/aromatic N) is 3. The summed E-state index contributed by atoms with van der Waals surface area (Å²) in [6.45, 7) is 4.85. The van der Waals surface area contributed by atoms with Crippen LogP contribution in [0.2, 0.25) is 0 Å². The van der Waals surface area contributed by atoms with E-state index in [4.69, 9.17) is 9.72 Å². The second-order valence-corrected chi connectivity index (χ2v) is 12.1. The van der Waals surface area contributed by atoms with Crippen molar-refractivity contribution in [3.05, 3.63) is 54.1 Å². The van der Waals surface area contributed by atoms with Gasteiger partial charge in [-0.2, -0.15) is 4.31 Å². The average Bonchev–Trinajstić information content (AvgIpc) is 3.46. The van der Waals surface area contributed by atoms with E-state index in [0.29, 0.717) is 23.9 Å². The molecule has 2 aromatic carbocycles. The van der Waals surface area contributed by atoms with Crippen LogP contribution in [0.5, 0.6) is 0 Å². The molecular weight excluding hydrogens is 454 g/mol. The quantitative estimate of drug-likeness (QED) is 0.444. The number of benzene rings is 2. The fourth-order valence-corrected chi connectivity index (χ4v) is 7.36. The molecular formula is C25H31N3O3S2. The smallest absolute Gasteiger partial charge is 0.243 e. The molecule has 1 aromatic heterocycles. The zero-order chi connectivity index (χ0) is 22.8. The average molecular weight is 486 g/mol. The highest BCUT2D eigenvalue weighted by atomic mass is 32.2. The predicted octanol–water partition coefficient (Wildman–Crippen LogP) is 4.93. The largest absolute Gasteiger partial charge is 0.376 e. The molecule has 5 rings (SSSR count). The summed E-state index contributed by atoms with van der Waals surface area (Å²) < 4.78 is 36.4. The van der Waals surface area contributed by atoms with Gasteiger partial charge in [0.1, 0.15) is 0 Å². The van der Waals surface area contributed by atoms with E-state index in [2.05, 4.69) is 23.6 Å². The fourth-order valence-electron chi connectivity index (χ4n) is 4.76. The first-order valence-electron chi connectivity index (χ1n) is 11.8. The molecule has 8 heteroatoms. The summed E-state index contributed by atoms with van der Waals surface area (Å²) in [4.78, 5) is 5.23. The lowest BCUT2D eigenvalue weighted by Crippen LogP contribution is -2.39. The minimum atomic E-state index is -3.52. The highest BCUT2D eigenvalue weighted by molar-refractivity contribution is 7.98. The summed E-state index contributed by atoms with van der Waals surface area (Å²) in [6.07, 6.45) is 4.30. The van der Waals surface area contributed by atoms with Crippen LogP contribution in [-0.2, 0) is 27.1 Å². The van der Waals surface area contributed by atoms with Crippen molar-refractivity contribution in [2.45, 2.75) is 61.1 Å². The lowest BCUT2D eigenvalue weighted by Gasteiger charge is -2.30. The molecule has 0 spiro atoms. The number of sulfonamides is 1. The van der Waals surface area contributed by atoms with E-state index in [9.17, 15) is 8.42 Å². The Labute approximate surface area is 200 Å². The van der Waals surface area contributed by atoms with Gasteiger partial charge in [0.25, 0.3) is 0 Å². The highest BCUT2D eigenvalue weighted by Gasteiger charge is 2.29. The summed E-state index contributed by atoms with van der Waals surface area (Å²) in [5.74, 6) is 1.20. The van der Waals surface area contributed by atoms with Gasteiger partial charge < -0.3 is 9.30 Å². The molecule has 2 aliphatic rings. The Hall–Kier alpha value is -1.87. The number of piperidine rings is 1. The summed E-state index contributed by atoms with van der Waals surface area (Å²) in [7, 11) is -3.52. The van der Waals surface area contributed by atoms with Crippen molar-refractivity contribution in [3.63, 3.8) is 0 Å². The highest BCUT2D eigenvalue weighted by Crippen LogP contribution is 2.31. The van der Waals surface area contributed by atoms with Crippen molar-refractivity contribution < 1.29 is 13.2 Å². The van der Waals surface area contributed by atoms with Crippen molar-refractivity contribution >= 4 is 32.8 Å². The molecule has 6 nitrogen and oxygen atoms in total. The van der Waals surface area contributed by atoms with E-state index in [-0.39, 0.29) is 6.10 Å². The van der Waals surface area contributed by atoms with Crippen LogP contribution in [0.4, 0.5) is 0 Å². The van der Waals surface area contributed by atoms with Crippen molar-refractivity contribution in [2.75, 3.05) is 19.7 Å². The molecule has 0 N–H and O–H groups in total. The second kappa shape index (κ2) is 9.78. The van der Waals surface area contributed by atoms with E-state index in [1.54, 1.807) is 28.2 Å². The third-order valence-corrected chi connectivity index (χ3v) is 9.47. The van der Waals surface area contributed by atoms with Gasteiger partial charge in [-0.15, -0.1) is 0 Å². The van der Waals surface area contributed by atoms with Gasteiger partial charge in [0.05, 0.1) is 28.6 Å². The Bertz CT molecular complexity index is 1200. The molecule has 2 atom stereocenters. The number of ether oxygens (including phenoxy) is 1. The maximum absolute atomic E-state index is 13.3. The van der Waals surface area contributed by atoms with Crippen molar-refractivity contribution in [3.8, 4) is 0 Å². The zero-order valence-electron chi connectivity index (χ0n) is 19.0. The Morgan fingerprint density at radius 2 is 1.97 bits per heavy atom. The number of thioether (sulfide) groups is 1. The van der Waals surface area contributed by atoms with Crippen LogP contribution in [0.25, 0.3) is 11.0 Å². The Morgan fingerprint density at radius 3 is 2.73 bits per heavy atom. The van der Waals surface area contributed by atoms with Crippen molar-refractivity contribution in [1.29, 1.82) is 0 Å². The van der Waals surface area contributed by atoms with Gasteiger partial charge in [-0.3, -0.25) is 0 Å². The van der Waals surface area contributed by atoms with Crippen LogP contribution in [0.3, 0.4) is 0 Å². The standard InChI is InChI=1S/C25H31N3O3S2/c1-19-7-5-13-27(16-19)33(29,30)22-11-12-24-23(15-22)26-25(28(24)17-21-10-6-14-31-21)32-18-20-8-3-2-4-9-20/h2-4,8-9,11-12,15,19,21H,5-7,10,13-14,16-18H2,1H3. The normalized spacial score (nSPS) is 22.2. The molecule has 2 fully saturated rings. The van der Waals surface area contributed by atoms with E-state index < -0.39 is 10.0 Å². The molecule has 33 heavy (non-hydrogen) atoms. The van der Waals surface area contributed by atoms with Gasteiger partial charge in [-0.05, 0) is 55.4 Å². The Kier molecular flexibility index (Phi) is 6.79. The number of rotatable bonds is 7. The third kappa shape index (κ3) is 4.99. The summed E-state index contributed by atoms with van der Waals surface area (Å²) >= 11 is 1.69. The number of hydrogen-bond acceptors (Lipinski definition) is 5. The van der Waals surface area contributed by atoms with Crippen molar-refractivity contribution in [1.82, 2.24) is 13.9 Å². The van der Waals surface area contributed by atoms with Gasteiger partial charge in [0.2, 0.25) is 10.0 Å². The first-order valence-corrected chi connectivity index (χ1v) is 14.2. The van der Waals surface area contributed by atoms with Crippen LogP contribution >= 0.6 is 11.8 Å². The van der Waals surface area contributed by atoms with E-state index in [1.807, 2.05) is 24.3 Å². The first-order chi connectivity index (χ1) is 16.0. The Balaban J connectivity index is 1.47. The van der Waals surface area contributed by atoms with E-state index >= 15 is 0 Å². The predicted molar refractivity (Wildman–Crippen MR) is 132 cm³/mol. The molecule has 0 aliphatic carbocycles. The first kappa shape index (κ1) is 22.9. The van der Waals surface area contributed by atoms with E-state index in [0.717, 1.165) is 60.8 Å². The van der Waals surface area contributed by atoms with Gasteiger partial charge in [-0.25, -0.2) is 13.4 Å². The zero-order valence-corrected chi connectivity index (χ0v) is 20.7. The summed E-state index contributed by atoms with van der Waals surface area (Å²) in [5, 5.41) is 0.908. The molecule has 2 saturated heterocycles. The van der Waals surface area contributed by atoms with Crippen LogP contribution in [0.1, 0.15) is 38.2 Å². The molecule has 3 heterocycles. The monoisotopic (exact) mass is 485 g/mol. The lowest BCUT2D eigenvalue weighted by atomic mass is 10.0. The van der Waals surface area contributed by atoms with Crippen LogP contribution in [0.15, 0.2) is 58.6 Å². The molecule has 0 saturated carbocycles. The van der Waals surface area contributed by atoms with Crippen LogP contribution in [-0.4, -0.2) is 48.1 Å². The van der Waals surface area contributed by atoms with Gasteiger partial charge in [-0.1, -0.05) is 49.0 Å². The van der Waals surface area contributed by atoms with Gasteiger partial charge in [0.15, 0.2) is 5.16 Å². The maximum atomic E-state index is 13.3. The second-order valence-electron chi connectivity index (χ2n) is 9.18. The number of aromatic nitrogens is 2. The SMILES string of the molecule is CC1CCCN(S(=O)(=O)c2ccc3c(c2)nc(SCc2ccccc2)n3CC2CCCO2)C1. The van der Waals surface area contributed by atoms with E-state index in [1.165, 1.54) is 5.56 Å². The Morgan fingerprint density at radius 1 is 1.12 bits per heavy atom. The fraction of sp³-hybridized carbons (Fsp3) is 0.480. The number of imidazole rings is 1. The van der Waals surface area contributed by atoms with Crippen LogP contribution in [0, 0.1) is 5.92 Å². The minimum absolute atomic E-state index is 0.178. The van der Waals surface area contributed by atoms with Gasteiger partial charge in [0, 0.05) is 25.4 Å². The molecule has 176 valence electrons. The van der Waals surface area contributed by atoms with Gasteiger partial charge >= 0.3 is 0 Å². The number of fused-ring (bicyclic) bond motifs is 1. The van der Waals surface area contributed by atoms with Crippen LogP contribution < -0.4 is 0 Å². The topological polar surface area (TPSA) is 64.4 Å². The van der Waals surface area contributed by atoms with Crippen molar-refractivity contribution in [2.24, 2.45) is 5.92 Å². The minimum Gasteiger partial charge on any atom is -0.376 e. The molecule has 2 aliphatic heterocycles. The molecule has 0 bridgehead atoms. The number of hydrogen-bond donors (Lipinski definition) is 0. The lowest BCUT2D eigenvalue weighted by molar-refractivity contribution is 0.0960. The molecule has 0 amide bonds. The molecule has 2 unspecified atom stereocenters. The summed E-state index contributed by atoms with van der Waals surface area (Å²) in [5.41, 5.74) is 2.93. The molecule has 3 aromatic rings.